The molecule has 1 aromatic carbocycles. The minimum atomic E-state index is 0.276. The Kier molecular flexibility index (Phi) is 5.90. The van der Waals surface area contributed by atoms with Crippen LogP contribution in [0, 0.1) is 6.92 Å². The molecule has 3 nitrogen and oxygen atoms in total. The summed E-state index contributed by atoms with van der Waals surface area (Å²) in [7, 11) is 1.73. The standard InChI is InChI=1S/C13H22N2O/c1-11-6-4-5-7-13(11)15-9-8-14-10-12(2)16-3/h4-7,12,14-15H,8-10H2,1-3H3. The Morgan fingerprint density at radius 3 is 2.69 bits per heavy atom. The molecule has 0 fully saturated rings. The predicted molar refractivity (Wildman–Crippen MR) is 69.0 cm³/mol. The van der Waals surface area contributed by atoms with Crippen molar-refractivity contribution in [3.8, 4) is 0 Å². The number of aryl methyl sites for hydroxylation is 1. The number of benzene rings is 1. The predicted octanol–water partition coefficient (Wildman–Crippen LogP) is 2.03. The lowest BCUT2D eigenvalue weighted by molar-refractivity contribution is 0.117. The van der Waals surface area contributed by atoms with Gasteiger partial charge in [0.25, 0.3) is 0 Å². The van der Waals surface area contributed by atoms with Gasteiger partial charge in [0.1, 0.15) is 0 Å². The van der Waals surface area contributed by atoms with E-state index >= 15 is 0 Å². The Balaban J connectivity index is 2.14. The molecule has 1 rings (SSSR count). The molecule has 0 aliphatic rings. The van der Waals surface area contributed by atoms with Crippen LogP contribution in [-0.2, 0) is 4.74 Å². The second-order valence-electron chi connectivity index (χ2n) is 3.99. The minimum absolute atomic E-state index is 0.276. The van der Waals surface area contributed by atoms with Crippen molar-refractivity contribution in [3.05, 3.63) is 29.8 Å². The van der Waals surface area contributed by atoms with Gasteiger partial charge in [-0.15, -0.1) is 0 Å². The molecule has 0 saturated carbocycles. The van der Waals surface area contributed by atoms with E-state index in [0.29, 0.717) is 0 Å². The molecule has 1 atom stereocenters. The Morgan fingerprint density at radius 2 is 2.00 bits per heavy atom. The SMILES string of the molecule is COC(C)CNCCNc1ccccc1C. The quantitative estimate of drug-likeness (QED) is 0.693. The lowest BCUT2D eigenvalue weighted by Gasteiger charge is -2.12. The summed E-state index contributed by atoms with van der Waals surface area (Å²) in [5.74, 6) is 0. The summed E-state index contributed by atoms with van der Waals surface area (Å²) in [5.41, 5.74) is 2.50. The van der Waals surface area contributed by atoms with Gasteiger partial charge in [0.15, 0.2) is 0 Å². The fraction of sp³-hybridized carbons (Fsp3) is 0.538. The molecule has 2 N–H and O–H groups in total. The number of anilines is 1. The van der Waals surface area contributed by atoms with Gasteiger partial charge in [0.05, 0.1) is 6.10 Å². The molecule has 0 aromatic heterocycles. The van der Waals surface area contributed by atoms with Crippen molar-refractivity contribution in [2.45, 2.75) is 20.0 Å². The highest BCUT2D eigenvalue weighted by Crippen LogP contribution is 2.11. The molecule has 0 amide bonds. The molecular weight excluding hydrogens is 200 g/mol. The van der Waals surface area contributed by atoms with Crippen LogP contribution >= 0.6 is 0 Å². The number of hydrogen-bond acceptors (Lipinski definition) is 3. The highest BCUT2D eigenvalue weighted by molar-refractivity contribution is 5.50. The van der Waals surface area contributed by atoms with Crippen LogP contribution in [0.25, 0.3) is 0 Å². The molecule has 1 unspecified atom stereocenters. The van der Waals surface area contributed by atoms with Crippen molar-refractivity contribution in [1.82, 2.24) is 5.32 Å². The van der Waals surface area contributed by atoms with Gasteiger partial charge >= 0.3 is 0 Å². The maximum absolute atomic E-state index is 5.15. The van der Waals surface area contributed by atoms with E-state index in [0.717, 1.165) is 19.6 Å². The second kappa shape index (κ2) is 7.25. The normalized spacial score (nSPS) is 12.4. The van der Waals surface area contributed by atoms with Crippen LogP contribution in [0.15, 0.2) is 24.3 Å². The largest absolute Gasteiger partial charge is 0.384 e. The molecule has 0 spiro atoms. The average Bonchev–Trinajstić information content (AvgIpc) is 2.30. The number of para-hydroxylation sites is 1. The van der Waals surface area contributed by atoms with Crippen molar-refractivity contribution in [3.63, 3.8) is 0 Å². The van der Waals surface area contributed by atoms with E-state index in [4.69, 9.17) is 4.74 Å². The summed E-state index contributed by atoms with van der Waals surface area (Å²) in [6.07, 6.45) is 0.276. The van der Waals surface area contributed by atoms with Crippen molar-refractivity contribution in [2.75, 3.05) is 32.1 Å². The highest BCUT2D eigenvalue weighted by atomic mass is 16.5. The maximum Gasteiger partial charge on any atom is 0.0667 e. The van der Waals surface area contributed by atoms with Crippen LogP contribution in [0.3, 0.4) is 0 Å². The maximum atomic E-state index is 5.15. The van der Waals surface area contributed by atoms with E-state index in [1.54, 1.807) is 7.11 Å². The first-order chi connectivity index (χ1) is 7.74. The Labute approximate surface area is 98.2 Å². The monoisotopic (exact) mass is 222 g/mol. The molecule has 0 bridgehead atoms. The lowest BCUT2D eigenvalue weighted by Crippen LogP contribution is -2.30. The summed E-state index contributed by atoms with van der Waals surface area (Å²) in [5, 5.41) is 6.74. The highest BCUT2D eigenvalue weighted by Gasteiger charge is 1.98. The zero-order valence-electron chi connectivity index (χ0n) is 10.4. The Bertz CT molecular complexity index is 302. The van der Waals surface area contributed by atoms with E-state index < -0.39 is 0 Å². The summed E-state index contributed by atoms with van der Waals surface area (Å²) < 4.78 is 5.15. The number of ether oxygens (including phenoxy) is 1. The first-order valence-electron chi connectivity index (χ1n) is 5.77. The van der Waals surface area contributed by atoms with Crippen LogP contribution in [0.1, 0.15) is 12.5 Å². The second-order valence-corrected chi connectivity index (χ2v) is 3.99. The average molecular weight is 222 g/mol. The lowest BCUT2D eigenvalue weighted by atomic mass is 10.2. The zero-order chi connectivity index (χ0) is 11.8. The zero-order valence-corrected chi connectivity index (χ0v) is 10.4. The molecule has 1 aromatic rings. The summed E-state index contributed by atoms with van der Waals surface area (Å²) in [6, 6.07) is 8.32. The van der Waals surface area contributed by atoms with E-state index in [9.17, 15) is 0 Å². The molecule has 90 valence electrons. The van der Waals surface area contributed by atoms with E-state index in [2.05, 4.69) is 48.7 Å². The van der Waals surface area contributed by atoms with Crippen molar-refractivity contribution >= 4 is 5.69 Å². The Morgan fingerprint density at radius 1 is 1.25 bits per heavy atom. The molecule has 0 heterocycles. The molecule has 0 aliphatic heterocycles. The third-order valence-electron chi connectivity index (χ3n) is 2.60. The molecule has 3 heteroatoms. The van der Waals surface area contributed by atoms with Gasteiger partial charge in [-0.1, -0.05) is 18.2 Å². The first-order valence-corrected chi connectivity index (χ1v) is 5.77. The number of methoxy groups -OCH3 is 1. The minimum Gasteiger partial charge on any atom is -0.384 e. The van der Waals surface area contributed by atoms with Crippen molar-refractivity contribution in [1.29, 1.82) is 0 Å². The summed E-state index contributed by atoms with van der Waals surface area (Å²) in [4.78, 5) is 0. The number of rotatable bonds is 7. The molecular formula is C13H22N2O. The van der Waals surface area contributed by atoms with Crippen LogP contribution in [-0.4, -0.2) is 32.8 Å². The first kappa shape index (κ1) is 13.0. The smallest absolute Gasteiger partial charge is 0.0667 e. The van der Waals surface area contributed by atoms with Crippen molar-refractivity contribution in [2.24, 2.45) is 0 Å². The van der Waals surface area contributed by atoms with Gasteiger partial charge < -0.3 is 15.4 Å². The summed E-state index contributed by atoms with van der Waals surface area (Å²) >= 11 is 0. The topological polar surface area (TPSA) is 33.3 Å². The van der Waals surface area contributed by atoms with Crippen LogP contribution < -0.4 is 10.6 Å². The number of hydrogen-bond donors (Lipinski definition) is 2. The van der Waals surface area contributed by atoms with E-state index in [-0.39, 0.29) is 6.10 Å². The van der Waals surface area contributed by atoms with E-state index in [1.807, 2.05) is 0 Å². The summed E-state index contributed by atoms with van der Waals surface area (Å²) in [6.45, 7) is 6.94. The van der Waals surface area contributed by atoms with Crippen LogP contribution in [0.2, 0.25) is 0 Å². The third kappa shape index (κ3) is 4.64. The van der Waals surface area contributed by atoms with Crippen molar-refractivity contribution < 1.29 is 4.74 Å². The molecule has 0 radical (unpaired) electrons. The van der Waals surface area contributed by atoms with Gasteiger partial charge in [0, 0.05) is 32.4 Å². The molecule has 0 aliphatic carbocycles. The van der Waals surface area contributed by atoms with Crippen LogP contribution in [0.5, 0.6) is 0 Å². The molecule has 16 heavy (non-hydrogen) atoms. The van der Waals surface area contributed by atoms with Gasteiger partial charge in [-0.3, -0.25) is 0 Å². The number of nitrogens with one attached hydrogen (secondary N) is 2. The van der Waals surface area contributed by atoms with Gasteiger partial charge in [-0.25, -0.2) is 0 Å². The van der Waals surface area contributed by atoms with Gasteiger partial charge in [-0.2, -0.15) is 0 Å². The molecule has 0 saturated heterocycles. The fourth-order valence-corrected chi connectivity index (χ4v) is 1.45. The Hall–Kier alpha value is -1.06. The van der Waals surface area contributed by atoms with Crippen LogP contribution in [0.4, 0.5) is 5.69 Å². The third-order valence-corrected chi connectivity index (χ3v) is 2.60. The van der Waals surface area contributed by atoms with Gasteiger partial charge in [0.2, 0.25) is 0 Å². The fourth-order valence-electron chi connectivity index (χ4n) is 1.45. The van der Waals surface area contributed by atoms with E-state index in [1.165, 1.54) is 11.3 Å². The van der Waals surface area contributed by atoms with Gasteiger partial charge in [-0.05, 0) is 25.5 Å².